The van der Waals surface area contributed by atoms with Gasteiger partial charge in [-0.05, 0) is 71.1 Å². The maximum absolute atomic E-state index is 13.0. The summed E-state index contributed by atoms with van der Waals surface area (Å²) in [4.78, 5) is 17.7. The van der Waals surface area contributed by atoms with Gasteiger partial charge in [0, 0.05) is 25.2 Å². The van der Waals surface area contributed by atoms with Crippen LogP contribution in [-0.2, 0) is 0 Å². The Morgan fingerprint density at radius 1 is 0.926 bits per heavy atom. The molecule has 1 heterocycles. The molecule has 1 amide bonds. The van der Waals surface area contributed by atoms with Crippen LogP contribution < -0.4 is 5.32 Å². The number of pyridine rings is 1. The monoisotopic (exact) mass is 484 g/mol. The molecule has 4 aromatic rings. The van der Waals surface area contributed by atoms with Gasteiger partial charge in [0.1, 0.15) is 0 Å². The number of carbonyl (C=O) groups excluding carboxylic acids is 1. The number of para-hydroxylation sites is 1. The minimum Gasteiger partial charge on any atom is -0.322 e. The second-order valence-electron chi connectivity index (χ2n) is 6.04. The third kappa shape index (κ3) is 3.96. The first kappa shape index (κ1) is 17.9. The lowest BCUT2D eigenvalue weighted by Crippen LogP contribution is -2.13. The molecule has 4 rings (SSSR count). The molecule has 132 valence electrons. The van der Waals surface area contributed by atoms with Gasteiger partial charge in [-0.15, -0.1) is 0 Å². The van der Waals surface area contributed by atoms with Crippen molar-refractivity contribution < 1.29 is 4.79 Å². The van der Waals surface area contributed by atoms with Crippen molar-refractivity contribution >= 4 is 56.7 Å². The highest BCUT2D eigenvalue weighted by atomic mass is 127. The van der Waals surface area contributed by atoms with Crippen molar-refractivity contribution in [2.45, 2.75) is 0 Å². The van der Waals surface area contributed by atoms with Gasteiger partial charge in [0.25, 0.3) is 5.91 Å². The number of hydrogen-bond donors (Lipinski definition) is 1. The molecule has 1 aromatic heterocycles. The molecule has 0 fully saturated rings. The fourth-order valence-electron chi connectivity index (χ4n) is 2.86. The van der Waals surface area contributed by atoms with E-state index in [1.807, 2.05) is 78.9 Å². The van der Waals surface area contributed by atoms with Crippen molar-refractivity contribution in [3.8, 4) is 11.3 Å². The Kier molecular flexibility index (Phi) is 5.09. The zero-order chi connectivity index (χ0) is 18.8. The fraction of sp³-hybridized carbons (Fsp3) is 0. The van der Waals surface area contributed by atoms with E-state index in [2.05, 4.69) is 27.9 Å². The number of anilines is 1. The van der Waals surface area contributed by atoms with Crippen molar-refractivity contribution in [1.29, 1.82) is 0 Å². The molecule has 1 N–H and O–H groups in total. The number of amides is 1. The molecule has 27 heavy (non-hydrogen) atoms. The number of fused-ring (bicyclic) bond motifs is 1. The molecular weight excluding hydrogens is 471 g/mol. The summed E-state index contributed by atoms with van der Waals surface area (Å²) < 4.78 is 1.12. The Bertz CT molecular complexity index is 1130. The number of carbonyl (C=O) groups is 1. The number of benzene rings is 3. The van der Waals surface area contributed by atoms with Crippen LogP contribution in [0.3, 0.4) is 0 Å². The third-order valence-electron chi connectivity index (χ3n) is 4.20. The Morgan fingerprint density at radius 3 is 2.37 bits per heavy atom. The third-order valence-corrected chi connectivity index (χ3v) is 5.17. The Hall–Kier alpha value is -2.44. The van der Waals surface area contributed by atoms with Crippen LogP contribution in [0.5, 0.6) is 0 Å². The maximum Gasteiger partial charge on any atom is 0.256 e. The molecule has 0 aliphatic rings. The zero-order valence-electron chi connectivity index (χ0n) is 14.1. The highest BCUT2D eigenvalue weighted by Gasteiger charge is 2.14. The van der Waals surface area contributed by atoms with Crippen molar-refractivity contribution in [1.82, 2.24) is 4.98 Å². The highest BCUT2D eigenvalue weighted by Crippen LogP contribution is 2.26. The molecule has 3 nitrogen and oxygen atoms in total. The SMILES string of the molecule is O=C(Nc1ccc(I)cc1)c1cc(-c2ccc(Cl)cc2)nc2ccccc12. The Balaban J connectivity index is 1.79. The predicted molar refractivity (Wildman–Crippen MR) is 119 cm³/mol. The Morgan fingerprint density at radius 2 is 1.63 bits per heavy atom. The van der Waals surface area contributed by atoms with E-state index < -0.39 is 0 Å². The molecule has 0 radical (unpaired) electrons. The number of nitrogens with zero attached hydrogens (tertiary/aromatic N) is 1. The summed E-state index contributed by atoms with van der Waals surface area (Å²) in [7, 11) is 0. The van der Waals surface area contributed by atoms with Crippen molar-refractivity contribution in [3.05, 3.63) is 93.0 Å². The molecular formula is C22H14ClIN2O. The lowest BCUT2D eigenvalue weighted by Gasteiger charge is -2.11. The van der Waals surface area contributed by atoms with E-state index in [0.717, 1.165) is 31.4 Å². The smallest absolute Gasteiger partial charge is 0.256 e. The number of halogens is 2. The lowest BCUT2D eigenvalue weighted by molar-refractivity contribution is 0.102. The first-order chi connectivity index (χ1) is 13.1. The summed E-state index contributed by atoms with van der Waals surface area (Å²) in [5.74, 6) is -0.162. The molecule has 0 unspecified atom stereocenters. The van der Waals surface area contributed by atoms with E-state index in [1.165, 1.54) is 0 Å². The van der Waals surface area contributed by atoms with Gasteiger partial charge >= 0.3 is 0 Å². The predicted octanol–water partition coefficient (Wildman–Crippen LogP) is 6.41. The normalized spacial score (nSPS) is 10.7. The number of nitrogens with one attached hydrogen (secondary N) is 1. The van der Waals surface area contributed by atoms with Gasteiger partial charge in [-0.2, -0.15) is 0 Å². The summed E-state index contributed by atoms with van der Waals surface area (Å²) in [6.07, 6.45) is 0. The standard InChI is InChI=1S/C22H14ClIN2O/c23-15-7-5-14(6-8-15)21-13-19(18-3-1-2-4-20(18)26-21)22(27)25-17-11-9-16(24)10-12-17/h1-13H,(H,25,27). The topological polar surface area (TPSA) is 42.0 Å². The van der Waals surface area contributed by atoms with Gasteiger partial charge in [0.15, 0.2) is 0 Å². The first-order valence-electron chi connectivity index (χ1n) is 8.33. The van der Waals surface area contributed by atoms with E-state index in [4.69, 9.17) is 16.6 Å². The first-order valence-corrected chi connectivity index (χ1v) is 9.78. The average Bonchev–Trinajstić information content (AvgIpc) is 2.69. The summed E-state index contributed by atoms with van der Waals surface area (Å²) in [5, 5.41) is 4.46. The van der Waals surface area contributed by atoms with Crippen LogP contribution in [0.15, 0.2) is 78.9 Å². The zero-order valence-corrected chi connectivity index (χ0v) is 17.0. The summed E-state index contributed by atoms with van der Waals surface area (Å²) >= 11 is 8.23. The minimum absolute atomic E-state index is 0.162. The largest absolute Gasteiger partial charge is 0.322 e. The molecule has 0 spiro atoms. The van der Waals surface area contributed by atoms with Crippen LogP contribution >= 0.6 is 34.2 Å². The van der Waals surface area contributed by atoms with Crippen molar-refractivity contribution in [2.24, 2.45) is 0 Å². The molecule has 0 bridgehead atoms. The van der Waals surface area contributed by atoms with Crippen LogP contribution in [-0.4, -0.2) is 10.9 Å². The minimum atomic E-state index is -0.162. The number of aromatic nitrogens is 1. The second kappa shape index (κ2) is 7.66. The van der Waals surface area contributed by atoms with Crippen LogP contribution in [0.4, 0.5) is 5.69 Å². The van der Waals surface area contributed by atoms with Crippen LogP contribution in [0.25, 0.3) is 22.2 Å². The summed E-state index contributed by atoms with van der Waals surface area (Å²) in [6, 6.07) is 24.6. The average molecular weight is 485 g/mol. The summed E-state index contributed by atoms with van der Waals surface area (Å²) in [6.45, 7) is 0. The van der Waals surface area contributed by atoms with E-state index in [-0.39, 0.29) is 5.91 Å². The maximum atomic E-state index is 13.0. The number of hydrogen-bond acceptors (Lipinski definition) is 2. The Labute approximate surface area is 175 Å². The molecule has 0 saturated heterocycles. The summed E-state index contributed by atoms with van der Waals surface area (Å²) in [5.41, 5.74) is 3.77. The van der Waals surface area contributed by atoms with E-state index >= 15 is 0 Å². The molecule has 0 aliphatic heterocycles. The van der Waals surface area contributed by atoms with Crippen LogP contribution in [0, 0.1) is 3.57 Å². The molecule has 3 aromatic carbocycles. The quantitative estimate of drug-likeness (QED) is 0.341. The van der Waals surface area contributed by atoms with Crippen molar-refractivity contribution in [3.63, 3.8) is 0 Å². The van der Waals surface area contributed by atoms with Crippen LogP contribution in [0.2, 0.25) is 5.02 Å². The number of rotatable bonds is 3. The van der Waals surface area contributed by atoms with Gasteiger partial charge in [-0.25, -0.2) is 4.98 Å². The molecule has 0 saturated carbocycles. The van der Waals surface area contributed by atoms with Gasteiger partial charge in [-0.3, -0.25) is 4.79 Å². The van der Waals surface area contributed by atoms with E-state index in [9.17, 15) is 4.79 Å². The van der Waals surface area contributed by atoms with Gasteiger partial charge < -0.3 is 5.32 Å². The molecule has 0 atom stereocenters. The fourth-order valence-corrected chi connectivity index (χ4v) is 3.35. The van der Waals surface area contributed by atoms with Crippen molar-refractivity contribution in [2.75, 3.05) is 5.32 Å². The highest BCUT2D eigenvalue weighted by molar-refractivity contribution is 14.1. The van der Waals surface area contributed by atoms with Gasteiger partial charge in [0.2, 0.25) is 0 Å². The molecule has 0 aliphatic carbocycles. The van der Waals surface area contributed by atoms with E-state index in [0.29, 0.717) is 10.6 Å². The second-order valence-corrected chi connectivity index (χ2v) is 7.72. The van der Waals surface area contributed by atoms with Crippen LogP contribution in [0.1, 0.15) is 10.4 Å². The van der Waals surface area contributed by atoms with Gasteiger partial charge in [0.05, 0.1) is 16.8 Å². The van der Waals surface area contributed by atoms with Gasteiger partial charge in [-0.1, -0.05) is 41.9 Å². The van der Waals surface area contributed by atoms with E-state index in [1.54, 1.807) is 0 Å². The molecule has 5 heteroatoms. The lowest BCUT2D eigenvalue weighted by atomic mass is 10.0.